The minimum Gasteiger partial charge on any atom is -0.494 e. The number of hydrogen-bond acceptors (Lipinski definition) is 5. The van der Waals surface area contributed by atoms with Crippen LogP contribution in [-0.2, 0) is 4.74 Å². The Labute approximate surface area is 98.7 Å². The number of nitrogens with two attached hydrogens (primary N) is 1. The van der Waals surface area contributed by atoms with Crippen LogP contribution < -0.4 is 10.5 Å². The number of carboxylic acids is 1. The molecule has 0 aliphatic heterocycles. The number of carboxylic acid groups (broad SMARTS) is 1. The van der Waals surface area contributed by atoms with E-state index in [0.717, 1.165) is 0 Å². The zero-order valence-electron chi connectivity index (χ0n) is 9.69. The predicted molar refractivity (Wildman–Crippen MR) is 62.8 cm³/mol. The minimum absolute atomic E-state index is 0.0100. The topological polar surface area (TPSA) is 94.7 Å². The summed E-state index contributed by atoms with van der Waals surface area (Å²) in [5, 5.41) is 8.90. The van der Waals surface area contributed by atoms with E-state index in [2.05, 4.69) is 11.6 Å². The molecule has 0 atom stereocenters. The summed E-state index contributed by atoms with van der Waals surface area (Å²) in [4.78, 5) is 14.7. The minimum atomic E-state index is -1.21. The van der Waals surface area contributed by atoms with Crippen molar-refractivity contribution >= 4 is 17.4 Å². The average molecular weight is 238 g/mol. The van der Waals surface area contributed by atoms with Gasteiger partial charge in [0.2, 0.25) is 0 Å². The molecular formula is C11H14N2O4. The van der Waals surface area contributed by atoms with Crippen molar-refractivity contribution < 1.29 is 19.4 Å². The highest BCUT2D eigenvalue weighted by molar-refractivity contribution is 5.92. The van der Waals surface area contributed by atoms with Crippen LogP contribution in [-0.4, -0.2) is 29.8 Å². The van der Waals surface area contributed by atoms with E-state index < -0.39 is 5.97 Å². The van der Waals surface area contributed by atoms with Crippen molar-refractivity contribution in [3.63, 3.8) is 0 Å². The lowest BCUT2D eigenvalue weighted by atomic mass is 10.1. The molecule has 0 aromatic carbocycles. The Morgan fingerprint density at radius 2 is 2.29 bits per heavy atom. The smallest absolute Gasteiger partial charge is 0.358 e. The molecule has 6 heteroatoms. The van der Waals surface area contributed by atoms with Crippen LogP contribution in [0.3, 0.4) is 0 Å². The highest BCUT2D eigenvalue weighted by atomic mass is 16.5. The number of ether oxygens (including phenoxy) is 2. The van der Waals surface area contributed by atoms with Gasteiger partial charge in [-0.1, -0.05) is 6.58 Å². The Morgan fingerprint density at radius 3 is 2.76 bits per heavy atom. The molecule has 1 aromatic rings. The SMILES string of the molecule is C=C(OCC)c1cnc(C(=O)O)c(OC)c1N. The van der Waals surface area contributed by atoms with Gasteiger partial charge in [0.15, 0.2) is 11.4 Å². The van der Waals surface area contributed by atoms with Crippen LogP contribution in [0.4, 0.5) is 5.69 Å². The van der Waals surface area contributed by atoms with Crippen LogP contribution in [0.1, 0.15) is 23.0 Å². The molecule has 1 aromatic heterocycles. The third kappa shape index (κ3) is 2.47. The van der Waals surface area contributed by atoms with Gasteiger partial charge < -0.3 is 20.3 Å². The van der Waals surface area contributed by atoms with Crippen LogP contribution in [0.25, 0.3) is 5.76 Å². The number of nitrogen functional groups attached to an aromatic ring is 1. The summed E-state index contributed by atoms with van der Waals surface area (Å²) >= 11 is 0. The largest absolute Gasteiger partial charge is 0.494 e. The van der Waals surface area contributed by atoms with Crippen LogP contribution in [0.5, 0.6) is 5.75 Å². The monoisotopic (exact) mass is 238 g/mol. The van der Waals surface area contributed by atoms with E-state index in [4.69, 9.17) is 20.3 Å². The van der Waals surface area contributed by atoms with Gasteiger partial charge in [0.1, 0.15) is 5.76 Å². The average Bonchev–Trinajstić information content (AvgIpc) is 2.28. The van der Waals surface area contributed by atoms with E-state index in [1.807, 2.05) is 0 Å². The maximum absolute atomic E-state index is 10.9. The van der Waals surface area contributed by atoms with Gasteiger partial charge in [-0.05, 0) is 6.92 Å². The van der Waals surface area contributed by atoms with Crippen molar-refractivity contribution in [3.8, 4) is 5.75 Å². The molecule has 0 aliphatic carbocycles. The van der Waals surface area contributed by atoms with Crippen molar-refractivity contribution in [2.75, 3.05) is 19.5 Å². The molecule has 3 N–H and O–H groups in total. The first-order chi connectivity index (χ1) is 8.02. The highest BCUT2D eigenvalue weighted by Crippen LogP contribution is 2.31. The lowest BCUT2D eigenvalue weighted by Gasteiger charge is -2.13. The zero-order valence-corrected chi connectivity index (χ0v) is 9.69. The molecular weight excluding hydrogens is 224 g/mol. The molecule has 0 aliphatic rings. The lowest BCUT2D eigenvalue weighted by molar-refractivity contribution is 0.0686. The van der Waals surface area contributed by atoms with E-state index in [9.17, 15) is 4.79 Å². The van der Waals surface area contributed by atoms with Crippen LogP contribution in [0, 0.1) is 0 Å². The Morgan fingerprint density at radius 1 is 1.65 bits per heavy atom. The van der Waals surface area contributed by atoms with Gasteiger partial charge in [-0.25, -0.2) is 9.78 Å². The van der Waals surface area contributed by atoms with Crippen molar-refractivity contribution in [2.24, 2.45) is 0 Å². The van der Waals surface area contributed by atoms with Crippen molar-refractivity contribution in [1.29, 1.82) is 0 Å². The number of hydrogen-bond donors (Lipinski definition) is 2. The molecule has 1 rings (SSSR count). The van der Waals surface area contributed by atoms with Crippen molar-refractivity contribution in [1.82, 2.24) is 4.98 Å². The fourth-order valence-electron chi connectivity index (χ4n) is 1.34. The maximum Gasteiger partial charge on any atom is 0.358 e. The Balaban J connectivity index is 3.29. The number of aromatic nitrogens is 1. The van der Waals surface area contributed by atoms with E-state index in [0.29, 0.717) is 17.9 Å². The molecule has 0 radical (unpaired) electrons. The Hall–Kier alpha value is -2.24. The van der Waals surface area contributed by atoms with E-state index in [-0.39, 0.29) is 17.1 Å². The first kappa shape index (κ1) is 12.8. The van der Waals surface area contributed by atoms with E-state index in [1.54, 1.807) is 6.92 Å². The number of rotatable bonds is 5. The zero-order chi connectivity index (χ0) is 13.0. The predicted octanol–water partition coefficient (Wildman–Crippen LogP) is 1.38. The molecule has 6 nitrogen and oxygen atoms in total. The van der Waals surface area contributed by atoms with Crippen LogP contribution >= 0.6 is 0 Å². The molecule has 0 amide bonds. The van der Waals surface area contributed by atoms with Gasteiger partial charge in [0.25, 0.3) is 0 Å². The summed E-state index contributed by atoms with van der Waals surface area (Å²) in [7, 11) is 1.33. The van der Waals surface area contributed by atoms with E-state index in [1.165, 1.54) is 13.3 Å². The molecule has 0 saturated carbocycles. The summed E-state index contributed by atoms with van der Waals surface area (Å²) in [5.74, 6) is -0.870. The van der Waals surface area contributed by atoms with Gasteiger partial charge in [-0.3, -0.25) is 0 Å². The summed E-state index contributed by atoms with van der Waals surface area (Å²) in [6.45, 7) is 5.92. The first-order valence-corrected chi connectivity index (χ1v) is 4.90. The number of anilines is 1. The number of carbonyl (C=O) groups is 1. The van der Waals surface area contributed by atoms with Crippen molar-refractivity contribution in [3.05, 3.63) is 24.0 Å². The fourth-order valence-corrected chi connectivity index (χ4v) is 1.34. The fraction of sp³-hybridized carbons (Fsp3) is 0.273. The van der Waals surface area contributed by atoms with Gasteiger partial charge >= 0.3 is 5.97 Å². The Bertz CT molecular complexity index is 457. The van der Waals surface area contributed by atoms with Gasteiger partial charge in [0, 0.05) is 6.20 Å². The Kier molecular flexibility index (Phi) is 3.92. The van der Waals surface area contributed by atoms with Gasteiger partial charge in [-0.15, -0.1) is 0 Å². The van der Waals surface area contributed by atoms with Gasteiger partial charge in [0.05, 0.1) is 25.0 Å². The maximum atomic E-state index is 10.9. The molecule has 0 fully saturated rings. The highest BCUT2D eigenvalue weighted by Gasteiger charge is 2.19. The summed E-state index contributed by atoms with van der Waals surface area (Å²) in [6.07, 6.45) is 1.30. The number of pyridine rings is 1. The molecule has 1 heterocycles. The van der Waals surface area contributed by atoms with Gasteiger partial charge in [-0.2, -0.15) is 0 Å². The lowest BCUT2D eigenvalue weighted by Crippen LogP contribution is -2.09. The summed E-state index contributed by atoms with van der Waals surface area (Å²) in [6, 6.07) is 0. The normalized spacial score (nSPS) is 9.76. The standard InChI is InChI=1S/C11H14N2O4/c1-4-17-6(2)7-5-13-9(11(14)15)10(16-3)8(7)12/h5H,2,4H2,1,3H3,(H2,12,13)(H,14,15). The van der Waals surface area contributed by atoms with Crippen LogP contribution in [0.2, 0.25) is 0 Å². The molecule has 92 valence electrons. The molecule has 0 spiro atoms. The molecule has 0 saturated heterocycles. The molecule has 0 unspecified atom stereocenters. The second-order valence-corrected chi connectivity index (χ2v) is 3.13. The number of methoxy groups -OCH3 is 1. The second kappa shape index (κ2) is 5.20. The first-order valence-electron chi connectivity index (χ1n) is 4.90. The quantitative estimate of drug-likeness (QED) is 0.752. The number of aromatic carboxylic acids is 1. The molecule has 17 heavy (non-hydrogen) atoms. The second-order valence-electron chi connectivity index (χ2n) is 3.13. The summed E-state index contributed by atoms with van der Waals surface area (Å²) in [5.41, 5.74) is 6.13. The summed E-state index contributed by atoms with van der Waals surface area (Å²) < 4.78 is 10.1. The van der Waals surface area contributed by atoms with Crippen LogP contribution in [0.15, 0.2) is 12.8 Å². The molecule has 0 bridgehead atoms. The third-order valence-corrected chi connectivity index (χ3v) is 2.10. The van der Waals surface area contributed by atoms with E-state index >= 15 is 0 Å². The third-order valence-electron chi connectivity index (χ3n) is 2.10. The number of nitrogens with zero attached hydrogens (tertiary/aromatic N) is 1. The van der Waals surface area contributed by atoms with Crippen molar-refractivity contribution in [2.45, 2.75) is 6.92 Å².